The Hall–Kier alpha value is -3.20. The maximum absolute atomic E-state index is 13.1. The number of hydrogen-bond acceptors (Lipinski definition) is 7. The normalized spacial score (nSPS) is 18.5. The van der Waals surface area contributed by atoms with Crippen LogP contribution in [0.4, 0.5) is 4.79 Å². The quantitative estimate of drug-likeness (QED) is 0.621. The van der Waals surface area contributed by atoms with E-state index in [1.165, 1.54) is 0 Å². The fourth-order valence-corrected chi connectivity index (χ4v) is 5.36. The summed E-state index contributed by atoms with van der Waals surface area (Å²) in [6.07, 6.45) is 1.09. The minimum absolute atomic E-state index is 0.116. The number of nitrogens with zero attached hydrogens (tertiary/aromatic N) is 1. The summed E-state index contributed by atoms with van der Waals surface area (Å²) in [5, 5.41) is 3.75. The number of H-pyrrole nitrogens is 1. The molecule has 0 amide bonds. The molecule has 1 aliphatic rings. The number of hydrogen-bond donors (Lipinski definition) is 1. The van der Waals surface area contributed by atoms with Crippen molar-refractivity contribution in [3.8, 4) is 0 Å². The van der Waals surface area contributed by atoms with Crippen molar-refractivity contribution in [1.29, 1.82) is 0 Å². The summed E-state index contributed by atoms with van der Waals surface area (Å²) in [5.41, 5.74) is 2.15. The molecule has 0 bridgehead atoms. The highest BCUT2D eigenvalue weighted by molar-refractivity contribution is 8.05. The molecule has 1 heterocycles. The van der Waals surface area contributed by atoms with Gasteiger partial charge in [-0.3, -0.25) is 0 Å². The number of fused-ring (bicyclic) bond motifs is 1. The van der Waals surface area contributed by atoms with E-state index in [0.717, 1.165) is 5.56 Å². The highest BCUT2D eigenvalue weighted by atomic mass is 32.2. The van der Waals surface area contributed by atoms with E-state index >= 15 is 0 Å². The molecule has 0 spiro atoms. The summed E-state index contributed by atoms with van der Waals surface area (Å²) in [6, 6.07) is 16.1. The van der Waals surface area contributed by atoms with Crippen LogP contribution in [0.3, 0.4) is 0 Å². The molecule has 0 saturated heterocycles. The van der Waals surface area contributed by atoms with E-state index in [1.54, 1.807) is 36.4 Å². The van der Waals surface area contributed by atoms with E-state index in [9.17, 15) is 18.0 Å². The first kappa shape index (κ1) is 20.1. The van der Waals surface area contributed by atoms with Crippen LogP contribution in [0.25, 0.3) is 0 Å². The molecule has 2 atom stereocenters. The van der Waals surface area contributed by atoms with E-state index < -0.39 is 26.1 Å². The Morgan fingerprint density at radius 3 is 2.60 bits per heavy atom. The zero-order chi connectivity index (χ0) is 21.1. The zero-order valence-electron chi connectivity index (χ0n) is 16.0. The van der Waals surface area contributed by atoms with E-state index in [2.05, 4.69) is 10.2 Å². The highest BCUT2D eigenvalue weighted by Crippen LogP contribution is 2.40. The molecular formula is C21H20N2O6S. The smallest absolute Gasteiger partial charge is 0.434 e. The van der Waals surface area contributed by atoms with Gasteiger partial charge in [-0.15, -0.1) is 5.10 Å². The molecule has 1 N–H and O–H groups in total. The average molecular weight is 428 g/mol. The maximum atomic E-state index is 13.1. The second kappa shape index (κ2) is 8.27. The molecule has 30 heavy (non-hydrogen) atoms. The molecule has 8 nitrogen and oxygen atoms in total. The van der Waals surface area contributed by atoms with Gasteiger partial charge >= 0.3 is 11.1 Å². The summed E-state index contributed by atoms with van der Waals surface area (Å²) >= 11 is 0. The third-order valence-corrected chi connectivity index (χ3v) is 6.99. The van der Waals surface area contributed by atoms with Crippen LogP contribution >= 0.6 is 0 Å². The van der Waals surface area contributed by atoms with Gasteiger partial charge in [-0.2, -0.15) is 0 Å². The highest BCUT2D eigenvalue weighted by Gasteiger charge is 2.41. The molecule has 156 valence electrons. The number of sulfone groups is 1. The van der Waals surface area contributed by atoms with Gasteiger partial charge in [0.25, 0.3) is 9.84 Å². The van der Waals surface area contributed by atoms with Crippen LogP contribution in [0.5, 0.6) is 0 Å². The van der Waals surface area contributed by atoms with Crippen LogP contribution in [0.2, 0.25) is 0 Å². The number of carbonyl (C=O) groups is 1. The summed E-state index contributed by atoms with van der Waals surface area (Å²) in [7, 11) is -4.25. The van der Waals surface area contributed by atoms with Crippen molar-refractivity contribution in [3.05, 3.63) is 87.7 Å². The van der Waals surface area contributed by atoms with Crippen LogP contribution in [-0.4, -0.2) is 23.9 Å². The number of carbonyl (C=O) groups excluding carboxylic acids is 1. The third-order valence-electron chi connectivity index (χ3n) is 5.21. The Morgan fingerprint density at radius 2 is 1.87 bits per heavy atom. The lowest BCUT2D eigenvalue weighted by atomic mass is 9.82. The van der Waals surface area contributed by atoms with Crippen LogP contribution in [0, 0.1) is 5.92 Å². The first-order valence-corrected chi connectivity index (χ1v) is 11.0. The Bertz CT molecular complexity index is 1200. The predicted octanol–water partition coefficient (Wildman–Crippen LogP) is 2.96. The van der Waals surface area contributed by atoms with Gasteiger partial charge in [0.15, 0.2) is 0 Å². The van der Waals surface area contributed by atoms with Gasteiger partial charge in [0, 0.05) is 6.42 Å². The van der Waals surface area contributed by atoms with Gasteiger partial charge in [0.05, 0.1) is 5.25 Å². The van der Waals surface area contributed by atoms with Crippen molar-refractivity contribution in [2.75, 3.05) is 0 Å². The molecule has 1 unspecified atom stereocenters. The molecule has 4 rings (SSSR count). The summed E-state index contributed by atoms with van der Waals surface area (Å²) < 4.78 is 36.3. The van der Waals surface area contributed by atoms with Gasteiger partial charge in [0.1, 0.15) is 6.61 Å². The molecule has 9 heteroatoms. The second-order valence-corrected chi connectivity index (χ2v) is 9.27. The Morgan fingerprint density at radius 1 is 1.13 bits per heavy atom. The second-order valence-electron chi connectivity index (χ2n) is 7.27. The van der Waals surface area contributed by atoms with Crippen LogP contribution in [0.1, 0.15) is 34.3 Å². The van der Waals surface area contributed by atoms with Gasteiger partial charge in [-0.1, -0.05) is 54.6 Å². The maximum Gasteiger partial charge on any atom is 0.434 e. The van der Waals surface area contributed by atoms with E-state index in [-0.39, 0.29) is 31.3 Å². The number of nitrogens with one attached hydrogen (secondary N) is 1. The topological polar surface area (TPSA) is 119 Å². The number of aromatic amines is 1. The molecular weight excluding hydrogens is 408 g/mol. The van der Waals surface area contributed by atoms with Crippen molar-refractivity contribution in [1.82, 2.24) is 10.2 Å². The van der Waals surface area contributed by atoms with E-state index in [4.69, 9.17) is 9.15 Å². The lowest BCUT2D eigenvalue weighted by molar-refractivity contribution is 0.165. The molecule has 0 aliphatic heterocycles. The standard InChI is InChI=1S/C21H20N2O6S/c24-20-23-22-19(29-20)12-15-10-16-8-4-5-9-17(16)18(11-15)30(26,27)21(25)28-13-14-6-2-1-3-7-14/h1-9,15,18H,10-13H2,(H,23,24)/t15-,18?/m1/s1. The monoisotopic (exact) mass is 428 g/mol. The summed E-state index contributed by atoms with van der Waals surface area (Å²) in [5.74, 6) is -0.602. The first-order valence-electron chi connectivity index (χ1n) is 9.50. The Labute approximate surface area is 172 Å². The van der Waals surface area contributed by atoms with Gasteiger partial charge in [-0.05, 0) is 35.4 Å². The van der Waals surface area contributed by atoms with Crippen molar-refractivity contribution in [2.24, 2.45) is 5.92 Å². The van der Waals surface area contributed by atoms with Crippen LogP contribution in [0.15, 0.2) is 63.8 Å². The lowest BCUT2D eigenvalue weighted by Crippen LogP contribution is -2.30. The molecule has 0 radical (unpaired) electrons. The minimum atomic E-state index is -4.25. The van der Waals surface area contributed by atoms with E-state index in [1.807, 2.05) is 18.2 Å². The van der Waals surface area contributed by atoms with Crippen molar-refractivity contribution >= 4 is 15.1 Å². The molecule has 3 aromatic rings. The van der Waals surface area contributed by atoms with Gasteiger partial charge in [-0.25, -0.2) is 23.1 Å². The van der Waals surface area contributed by atoms with Crippen molar-refractivity contribution < 1.29 is 22.4 Å². The SMILES string of the molecule is O=C(OCc1ccccc1)S(=O)(=O)C1C[C@H](Cc2n[nH]c(=O)o2)Cc2ccccc21. The first-order chi connectivity index (χ1) is 14.4. The zero-order valence-corrected chi connectivity index (χ0v) is 16.8. The number of aromatic nitrogens is 2. The predicted molar refractivity (Wildman–Crippen MR) is 107 cm³/mol. The van der Waals surface area contributed by atoms with Crippen molar-refractivity contribution in [2.45, 2.75) is 31.1 Å². The average Bonchev–Trinajstić information content (AvgIpc) is 3.16. The lowest BCUT2D eigenvalue weighted by Gasteiger charge is -2.30. The van der Waals surface area contributed by atoms with Crippen LogP contribution in [-0.2, 0) is 34.0 Å². The van der Waals surface area contributed by atoms with E-state index in [0.29, 0.717) is 17.5 Å². The Kier molecular flexibility index (Phi) is 5.54. The molecule has 2 aromatic carbocycles. The summed E-state index contributed by atoms with van der Waals surface area (Å²) in [4.78, 5) is 23.7. The van der Waals surface area contributed by atoms with Crippen LogP contribution < -0.4 is 5.76 Å². The van der Waals surface area contributed by atoms with Gasteiger partial charge in [0.2, 0.25) is 5.89 Å². The molecule has 1 aliphatic carbocycles. The Balaban J connectivity index is 1.56. The minimum Gasteiger partial charge on any atom is -0.449 e. The fourth-order valence-electron chi connectivity index (χ4n) is 3.82. The fraction of sp³-hybridized carbons (Fsp3) is 0.286. The largest absolute Gasteiger partial charge is 0.449 e. The molecule has 0 saturated carbocycles. The summed E-state index contributed by atoms with van der Waals surface area (Å²) in [6.45, 7) is -0.116. The molecule has 0 fully saturated rings. The number of ether oxygens (including phenoxy) is 1. The number of rotatable bonds is 5. The molecule has 1 aromatic heterocycles. The number of benzene rings is 2. The van der Waals surface area contributed by atoms with Gasteiger partial charge < -0.3 is 9.15 Å². The van der Waals surface area contributed by atoms with Crippen molar-refractivity contribution in [3.63, 3.8) is 0 Å². The third kappa shape index (κ3) is 4.20.